The minimum absolute atomic E-state index is 0.490. The largest absolute Gasteiger partial charge is 0.366 e. The van der Waals surface area contributed by atoms with E-state index in [4.69, 9.17) is 0 Å². The minimum atomic E-state index is 0.490. The summed E-state index contributed by atoms with van der Waals surface area (Å²) in [6.45, 7) is 6.30. The SMILES string of the molecule is CCCc1cc(NC2CCNC2)n2nc(C)cc2n1. The second kappa shape index (κ2) is 5.17. The quantitative estimate of drug-likeness (QED) is 0.878. The molecule has 2 aromatic rings. The van der Waals surface area contributed by atoms with Gasteiger partial charge in [-0.15, -0.1) is 0 Å². The van der Waals surface area contributed by atoms with Crippen LogP contribution in [-0.4, -0.2) is 33.7 Å². The van der Waals surface area contributed by atoms with Crippen LogP contribution >= 0.6 is 0 Å². The van der Waals surface area contributed by atoms with Crippen molar-refractivity contribution >= 4 is 11.5 Å². The Morgan fingerprint density at radius 2 is 2.37 bits per heavy atom. The zero-order valence-electron chi connectivity index (χ0n) is 11.6. The summed E-state index contributed by atoms with van der Waals surface area (Å²) in [5.74, 6) is 1.07. The topological polar surface area (TPSA) is 54.2 Å². The van der Waals surface area contributed by atoms with E-state index in [1.54, 1.807) is 0 Å². The molecular formula is C14H21N5. The van der Waals surface area contributed by atoms with Crippen molar-refractivity contribution in [2.75, 3.05) is 18.4 Å². The highest BCUT2D eigenvalue weighted by molar-refractivity contribution is 5.51. The summed E-state index contributed by atoms with van der Waals surface area (Å²) in [6, 6.07) is 4.67. The van der Waals surface area contributed by atoms with Gasteiger partial charge in [0.15, 0.2) is 5.65 Å². The van der Waals surface area contributed by atoms with Crippen molar-refractivity contribution < 1.29 is 0 Å². The van der Waals surface area contributed by atoms with Gasteiger partial charge in [-0.2, -0.15) is 9.61 Å². The molecule has 3 heterocycles. The minimum Gasteiger partial charge on any atom is -0.366 e. The van der Waals surface area contributed by atoms with Gasteiger partial charge in [0, 0.05) is 30.4 Å². The number of hydrogen-bond acceptors (Lipinski definition) is 4. The molecule has 0 aromatic carbocycles. The lowest BCUT2D eigenvalue weighted by atomic mass is 10.2. The van der Waals surface area contributed by atoms with Crippen molar-refractivity contribution in [1.82, 2.24) is 19.9 Å². The molecule has 1 aliphatic heterocycles. The number of hydrogen-bond donors (Lipinski definition) is 2. The molecule has 0 radical (unpaired) electrons. The molecule has 1 saturated heterocycles. The van der Waals surface area contributed by atoms with Crippen molar-refractivity contribution in [1.29, 1.82) is 0 Å². The van der Waals surface area contributed by atoms with Crippen molar-refractivity contribution in [3.8, 4) is 0 Å². The van der Waals surface area contributed by atoms with Crippen LogP contribution in [0.25, 0.3) is 5.65 Å². The Kier molecular flexibility index (Phi) is 3.38. The van der Waals surface area contributed by atoms with Crippen molar-refractivity contribution in [3.05, 3.63) is 23.5 Å². The molecule has 1 aliphatic rings. The third kappa shape index (κ3) is 2.56. The van der Waals surface area contributed by atoms with Crippen LogP contribution < -0.4 is 10.6 Å². The van der Waals surface area contributed by atoms with E-state index in [0.29, 0.717) is 6.04 Å². The number of rotatable bonds is 4. The van der Waals surface area contributed by atoms with Gasteiger partial charge in [-0.25, -0.2) is 4.98 Å². The number of aromatic nitrogens is 3. The molecule has 5 nitrogen and oxygen atoms in total. The molecule has 5 heteroatoms. The Hall–Kier alpha value is -1.62. The molecule has 0 spiro atoms. The lowest BCUT2D eigenvalue weighted by Crippen LogP contribution is -2.24. The molecule has 0 bridgehead atoms. The monoisotopic (exact) mass is 259 g/mol. The summed E-state index contributed by atoms with van der Waals surface area (Å²) in [6.07, 6.45) is 3.28. The Balaban J connectivity index is 1.98. The second-order valence-corrected chi connectivity index (χ2v) is 5.27. The highest BCUT2D eigenvalue weighted by atomic mass is 15.3. The van der Waals surface area contributed by atoms with Gasteiger partial charge >= 0.3 is 0 Å². The molecule has 0 amide bonds. The highest BCUT2D eigenvalue weighted by Crippen LogP contribution is 2.17. The molecule has 2 aromatic heterocycles. The molecule has 1 atom stereocenters. The number of nitrogens with zero attached hydrogens (tertiary/aromatic N) is 3. The van der Waals surface area contributed by atoms with Crippen molar-refractivity contribution in [2.24, 2.45) is 0 Å². The van der Waals surface area contributed by atoms with Crippen LogP contribution in [0.5, 0.6) is 0 Å². The zero-order chi connectivity index (χ0) is 13.2. The van der Waals surface area contributed by atoms with E-state index >= 15 is 0 Å². The van der Waals surface area contributed by atoms with Gasteiger partial charge in [-0.1, -0.05) is 13.3 Å². The van der Waals surface area contributed by atoms with Crippen molar-refractivity contribution in [2.45, 2.75) is 39.2 Å². The number of nitrogens with one attached hydrogen (secondary N) is 2. The average Bonchev–Trinajstić information content (AvgIpc) is 2.98. The van der Waals surface area contributed by atoms with Gasteiger partial charge in [0.1, 0.15) is 5.82 Å². The zero-order valence-corrected chi connectivity index (χ0v) is 11.6. The number of aryl methyl sites for hydroxylation is 2. The first kappa shape index (κ1) is 12.4. The average molecular weight is 259 g/mol. The second-order valence-electron chi connectivity index (χ2n) is 5.27. The summed E-state index contributed by atoms with van der Waals surface area (Å²) >= 11 is 0. The summed E-state index contributed by atoms with van der Waals surface area (Å²) in [7, 11) is 0. The maximum absolute atomic E-state index is 4.67. The normalized spacial score (nSPS) is 19.2. The lowest BCUT2D eigenvalue weighted by Gasteiger charge is -2.15. The first-order valence-corrected chi connectivity index (χ1v) is 7.10. The summed E-state index contributed by atoms with van der Waals surface area (Å²) in [5, 5.41) is 11.5. The smallest absolute Gasteiger partial charge is 0.157 e. The highest BCUT2D eigenvalue weighted by Gasteiger charge is 2.16. The fraction of sp³-hybridized carbons (Fsp3) is 0.571. The Labute approximate surface area is 113 Å². The Bertz CT molecular complexity index is 568. The van der Waals surface area contributed by atoms with E-state index in [0.717, 1.165) is 55.2 Å². The van der Waals surface area contributed by atoms with Crippen LogP contribution in [0.2, 0.25) is 0 Å². The van der Waals surface area contributed by atoms with Crippen LogP contribution in [-0.2, 0) is 6.42 Å². The van der Waals surface area contributed by atoms with Crippen LogP contribution in [0.4, 0.5) is 5.82 Å². The standard InChI is InChI=1S/C14H21N5/c1-3-4-11-8-14(17-12-5-6-15-9-12)19-13(16-11)7-10(2)18-19/h7-8,12,15,17H,3-6,9H2,1-2H3. The van der Waals surface area contributed by atoms with Crippen LogP contribution in [0.3, 0.4) is 0 Å². The molecular weight excluding hydrogens is 238 g/mol. The van der Waals surface area contributed by atoms with Gasteiger partial charge in [0.2, 0.25) is 0 Å². The van der Waals surface area contributed by atoms with E-state index < -0.39 is 0 Å². The molecule has 2 N–H and O–H groups in total. The van der Waals surface area contributed by atoms with E-state index in [1.165, 1.54) is 0 Å². The molecule has 0 aliphatic carbocycles. The third-order valence-corrected chi connectivity index (χ3v) is 3.52. The predicted molar refractivity (Wildman–Crippen MR) is 76.6 cm³/mol. The first-order valence-electron chi connectivity index (χ1n) is 7.10. The summed E-state index contributed by atoms with van der Waals surface area (Å²) in [5.41, 5.74) is 3.09. The fourth-order valence-electron chi connectivity index (χ4n) is 2.62. The van der Waals surface area contributed by atoms with Gasteiger partial charge in [0.05, 0.1) is 5.69 Å². The van der Waals surface area contributed by atoms with E-state index in [1.807, 2.05) is 17.5 Å². The van der Waals surface area contributed by atoms with E-state index in [9.17, 15) is 0 Å². The van der Waals surface area contributed by atoms with Crippen molar-refractivity contribution in [3.63, 3.8) is 0 Å². The third-order valence-electron chi connectivity index (χ3n) is 3.52. The molecule has 3 rings (SSSR count). The molecule has 19 heavy (non-hydrogen) atoms. The maximum atomic E-state index is 4.67. The predicted octanol–water partition coefficient (Wildman–Crippen LogP) is 1.76. The molecule has 1 unspecified atom stereocenters. The Morgan fingerprint density at radius 1 is 1.47 bits per heavy atom. The van der Waals surface area contributed by atoms with Gasteiger partial charge < -0.3 is 10.6 Å². The fourth-order valence-corrected chi connectivity index (χ4v) is 2.62. The van der Waals surface area contributed by atoms with Crippen LogP contribution in [0, 0.1) is 6.92 Å². The number of fused-ring (bicyclic) bond motifs is 1. The molecule has 0 saturated carbocycles. The maximum Gasteiger partial charge on any atom is 0.157 e. The first-order chi connectivity index (χ1) is 9.26. The van der Waals surface area contributed by atoms with Crippen LogP contribution in [0.1, 0.15) is 31.2 Å². The van der Waals surface area contributed by atoms with E-state index in [2.05, 4.69) is 33.7 Å². The number of anilines is 1. The van der Waals surface area contributed by atoms with Crippen LogP contribution in [0.15, 0.2) is 12.1 Å². The summed E-state index contributed by atoms with van der Waals surface area (Å²) < 4.78 is 1.92. The van der Waals surface area contributed by atoms with Gasteiger partial charge in [-0.05, 0) is 26.3 Å². The summed E-state index contributed by atoms with van der Waals surface area (Å²) in [4.78, 5) is 4.67. The lowest BCUT2D eigenvalue weighted by molar-refractivity contribution is 0.768. The van der Waals surface area contributed by atoms with E-state index in [-0.39, 0.29) is 0 Å². The Morgan fingerprint density at radius 3 is 3.11 bits per heavy atom. The molecule has 102 valence electrons. The van der Waals surface area contributed by atoms with Gasteiger partial charge in [0.25, 0.3) is 0 Å². The molecule has 1 fully saturated rings. The van der Waals surface area contributed by atoms with Gasteiger partial charge in [-0.3, -0.25) is 0 Å².